The number of amides is 1. The second kappa shape index (κ2) is 9.09. The Hall–Kier alpha value is -4.40. The highest BCUT2D eigenvalue weighted by atomic mass is 16.5. The molecule has 9 nitrogen and oxygen atoms in total. The molecule has 4 aromatic rings. The molecule has 1 aliphatic heterocycles. The average molecular weight is 472 g/mol. The van der Waals surface area contributed by atoms with Crippen molar-refractivity contribution < 1.29 is 14.3 Å². The normalized spacial score (nSPS) is 14.9. The number of rotatable bonds is 5. The minimum Gasteiger partial charge on any atom is -0.493 e. The van der Waals surface area contributed by atoms with Crippen molar-refractivity contribution in [3.8, 4) is 17.3 Å². The maximum Gasteiger partial charge on any atom is 0.264 e. The van der Waals surface area contributed by atoms with Crippen LogP contribution in [0.25, 0.3) is 5.82 Å². The molecule has 1 atom stereocenters. The first kappa shape index (κ1) is 22.4. The van der Waals surface area contributed by atoms with Gasteiger partial charge >= 0.3 is 0 Å². The van der Waals surface area contributed by atoms with Gasteiger partial charge in [0.2, 0.25) is 0 Å². The molecular weight excluding hydrogens is 446 g/mol. The van der Waals surface area contributed by atoms with E-state index in [9.17, 15) is 9.59 Å². The van der Waals surface area contributed by atoms with Gasteiger partial charge in [0.15, 0.2) is 17.3 Å². The van der Waals surface area contributed by atoms with Gasteiger partial charge in [0.05, 0.1) is 37.7 Å². The van der Waals surface area contributed by atoms with Gasteiger partial charge in [-0.2, -0.15) is 10.2 Å². The summed E-state index contributed by atoms with van der Waals surface area (Å²) in [7, 11) is 3.23. The number of nitrogens with one attached hydrogen (secondary N) is 1. The topological polar surface area (TPSA) is 102 Å². The third-order valence-corrected chi connectivity index (χ3v) is 6.37. The van der Waals surface area contributed by atoms with Crippen molar-refractivity contribution in [2.75, 3.05) is 20.8 Å². The molecule has 0 saturated heterocycles. The number of aromatic amines is 1. The standard InChI is InChI=1S/C26H25N5O4/c1-16-20(15-27-31(16)23-9-10-24(32)29-28-23)26(33)30-12-11-18-13-21(34-2)22(35-3)14-19(18)25(30)17-7-5-4-6-8-17/h4-10,13-15,25H,11-12H2,1-3H3,(H,29,32). The lowest BCUT2D eigenvalue weighted by Crippen LogP contribution is -2.40. The summed E-state index contributed by atoms with van der Waals surface area (Å²) in [6, 6.07) is 16.5. The molecule has 0 radical (unpaired) electrons. The number of ether oxygens (including phenoxy) is 2. The van der Waals surface area contributed by atoms with Crippen LogP contribution in [0.3, 0.4) is 0 Å². The number of hydrogen-bond donors (Lipinski definition) is 1. The van der Waals surface area contributed by atoms with Gasteiger partial charge in [-0.1, -0.05) is 30.3 Å². The van der Waals surface area contributed by atoms with E-state index in [4.69, 9.17) is 9.47 Å². The lowest BCUT2D eigenvalue weighted by molar-refractivity contribution is 0.0693. The summed E-state index contributed by atoms with van der Waals surface area (Å²) >= 11 is 0. The SMILES string of the molecule is COc1cc2c(cc1OC)C(c1ccccc1)N(C(=O)c1cnn(-c3ccc(=O)[nH]n3)c1C)CC2. The van der Waals surface area contributed by atoms with E-state index in [1.807, 2.05) is 54.3 Å². The molecule has 1 aliphatic rings. The van der Waals surface area contributed by atoms with Crippen LogP contribution >= 0.6 is 0 Å². The summed E-state index contributed by atoms with van der Waals surface area (Å²) < 4.78 is 12.6. The molecule has 1 amide bonds. The van der Waals surface area contributed by atoms with Crippen LogP contribution in [0.4, 0.5) is 0 Å². The van der Waals surface area contributed by atoms with Gasteiger partial charge in [0.1, 0.15) is 0 Å². The van der Waals surface area contributed by atoms with Crippen molar-refractivity contribution in [2.24, 2.45) is 0 Å². The molecule has 3 heterocycles. The Morgan fingerprint density at radius 1 is 1.06 bits per heavy atom. The quantitative estimate of drug-likeness (QED) is 0.480. The Balaban J connectivity index is 1.58. The largest absolute Gasteiger partial charge is 0.493 e. The first-order chi connectivity index (χ1) is 17.0. The average Bonchev–Trinajstić information content (AvgIpc) is 3.28. The Kier molecular flexibility index (Phi) is 5.82. The third kappa shape index (κ3) is 3.95. The van der Waals surface area contributed by atoms with Crippen molar-refractivity contribution in [2.45, 2.75) is 19.4 Å². The molecule has 0 bridgehead atoms. The highest BCUT2D eigenvalue weighted by Crippen LogP contribution is 2.41. The Bertz CT molecular complexity index is 1420. The van der Waals surface area contributed by atoms with Crippen molar-refractivity contribution >= 4 is 5.91 Å². The van der Waals surface area contributed by atoms with E-state index < -0.39 is 0 Å². The first-order valence-electron chi connectivity index (χ1n) is 11.2. The smallest absolute Gasteiger partial charge is 0.264 e. The van der Waals surface area contributed by atoms with Gasteiger partial charge in [0, 0.05) is 12.6 Å². The lowest BCUT2D eigenvalue weighted by atomic mass is 9.87. The van der Waals surface area contributed by atoms with Gasteiger partial charge < -0.3 is 14.4 Å². The van der Waals surface area contributed by atoms with Gasteiger partial charge in [-0.15, -0.1) is 0 Å². The number of fused-ring (bicyclic) bond motifs is 1. The predicted molar refractivity (Wildman–Crippen MR) is 129 cm³/mol. The highest BCUT2D eigenvalue weighted by Gasteiger charge is 2.35. The van der Waals surface area contributed by atoms with Crippen LogP contribution in [0, 0.1) is 6.92 Å². The van der Waals surface area contributed by atoms with Gasteiger partial charge in [-0.25, -0.2) is 9.78 Å². The molecule has 1 N–H and O–H groups in total. The number of carbonyl (C=O) groups is 1. The summed E-state index contributed by atoms with van der Waals surface area (Å²) in [5.74, 6) is 1.59. The fraction of sp³-hybridized carbons (Fsp3) is 0.231. The highest BCUT2D eigenvalue weighted by molar-refractivity contribution is 5.96. The molecule has 0 spiro atoms. The van der Waals surface area contributed by atoms with Crippen LogP contribution < -0.4 is 15.0 Å². The lowest BCUT2D eigenvalue weighted by Gasteiger charge is -2.38. The zero-order valence-electron chi connectivity index (χ0n) is 19.7. The number of carbonyl (C=O) groups excluding carboxylic acids is 1. The van der Waals surface area contributed by atoms with Crippen molar-refractivity contribution in [1.29, 1.82) is 0 Å². The van der Waals surface area contributed by atoms with Crippen molar-refractivity contribution in [3.63, 3.8) is 0 Å². The van der Waals surface area contributed by atoms with Crippen molar-refractivity contribution in [3.05, 3.63) is 99.1 Å². The molecule has 2 aromatic carbocycles. The molecule has 0 aliphatic carbocycles. The van der Waals surface area contributed by atoms with E-state index in [1.165, 1.54) is 6.07 Å². The summed E-state index contributed by atoms with van der Waals surface area (Å²) in [4.78, 5) is 27.2. The fourth-order valence-corrected chi connectivity index (χ4v) is 4.62. The second-order valence-electron chi connectivity index (χ2n) is 8.30. The van der Waals surface area contributed by atoms with Gasteiger partial charge in [-0.3, -0.25) is 9.59 Å². The Morgan fingerprint density at radius 2 is 1.80 bits per heavy atom. The minimum absolute atomic E-state index is 0.132. The number of nitrogens with zero attached hydrogens (tertiary/aromatic N) is 4. The van der Waals surface area contributed by atoms with Crippen LogP contribution in [-0.4, -0.2) is 51.5 Å². The zero-order valence-corrected chi connectivity index (χ0v) is 19.7. The summed E-state index contributed by atoms with van der Waals surface area (Å²) in [5.41, 5.74) is 3.93. The number of aromatic nitrogens is 4. The molecule has 0 fully saturated rings. The first-order valence-corrected chi connectivity index (χ1v) is 11.2. The maximum absolute atomic E-state index is 13.9. The number of methoxy groups -OCH3 is 2. The molecule has 0 saturated carbocycles. The third-order valence-electron chi connectivity index (χ3n) is 6.37. The summed E-state index contributed by atoms with van der Waals surface area (Å²) in [5, 5.41) is 10.8. The van der Waals surface area contributed by atoms with Crippen LogP contribution in [0.1, 0.15) is 38.8 Å². The van der Waals surface area contributed by atoms with Crippen LogP contribution in [0.15, 0.2) is 65.6 Å². The van der Waals surface area contributed by atoms with Crippen LogP contribution in [0.2, 0.25) is 0 Å². The van der Waals surface area contributed by atoms with E-state index >= 15 is 0 Å². The fourth-order valence-electron chi connectivity index (χ4n) is 4.62. The van der Waals surface area contributed by atoms with Gasteiger partial charge in [-0.05, 0) is 48.2 Å². The Morgan fingerprint density at radius 3 is 2.49 bits per heavy atom. The molecule has 2 aromatic heterocycles. The van der Waals surface area contributed by atoms with E-state index in [1.54, 1.807) is 31.2 Å². The number of benzene rings is 2. The summed E-state index contributed by atoms with van der Waals surface area (Å²) in [6.45, 7) is 2.35. The molecule has 178 valence electrons. The number of H-pyrrole nitrogens is 1. The minimum atomic E-state index is -0.306. The maximum atomic E-state index is 13.9. The van der Waals surface area contributed by atoms with E-state index in [2.05, 4.69) is 15.3 Å². The van der Waals surface area contributed by atoms with Crippen LogP contribution in [-0.2, 0) is 6.42 Å². The van der Waals surface area contributed by atoms with Gasteiger partial charge in [0.25, 0.3) is 11.5 Å². The van der Waals surface area contributed by atoms with E-state index in [-0.39, 0.29) is 17.5 Å². The zero-order chi connectivity index (χ0) is 24.5. The Labute approximate surface area is 201 Å². The molecular formula is C26H25N5O4. The monoisotopic (exact) mass is 471 g/mol. The molecule has 9 heteroatoms. The molecule has 5 rings (SSSR count). The second-order valence-corrected chi connectivity index (χ2v) is 8.30. The molecule has 35 heavy (non-hydrogen) atoms. The number of hydrogen-bond acceptors (Lipinski definition) is 6. The van der Waals surface area contributed by atoms with E-state index in [0.717, 1.165) is 16.7 Å². The predicted octanol–water partition coefficient (Wildman–Crippen LogP) is 3.07. The van der Waals surface area contributed by atoms with Crippen molar-refractivity contribution in [1.82, 2.24) is 24.9 Å². The van der Waals surface area contributed by atoms with E-state index in [0.29, 0.717) is 41.5 Å². The van der Waals surface area contributed by atoms with Crippen LogP contribution in [0.5, 0.6) is 11.5 Å². The summed E-state index contributed by atoms with van der Waals surface area (Å²) in [6.07, 6.45) is 2.23. The molecule has 1 unspecified atom stereocenters.